The first kappa shape index (κ1) is 11.2. The molecule has 1 aliphatic heterocycles. The fraction of sp³-hybridized carbons (Fsp3) is 0.750. The summed E-state index contributed by atoms with van der Waals surface area (Å²) in [6, 6.07) is 0.127. The van der Waals surface area contributed by atoms with Gasteiger partial charge in [0.15, 0.2) is 0 Å². The van der Waals surface area contributed by atoms with Gasteiger partial charge in [-0.2, -0.15) is 0 Å². The Kier molecular flexibility index (Phi) is 3.50. The van der Waals surface area contributed by atoms with Crippen LogP contribution < -0.4 is 0 Å². The van der Waals surface area contributed by atoms with Crippen LogP contribution in [0.25, 0.3) is 0 Å². The van der Waals surface area contributed by atoms with Crippen molar-refractivity contribution in [3.63, 3.8) is 0 Å². The van der Waals surface area contributed by atoms with Crippen LogP contribution in [0.2, 0.25) is 0 Å². The Labute approximate surface area is 85.2 Å². The minimum absolute atomic E-state index is 0.127. The van der Waals surface area contributed by atoms with E-state index in [1.165, 1.54) is 0 Å². The van der Waals surface area contributed by atoms with Crippen molar-refractivity contribution in [1.29, 1.82) is 0 Å². The maximum absolute atomic E-state index is 5.49. The second-order valence-corrected chi connectivity index (χ2v) is 7.19. The molecule has 0 aliphatic carbocycles. The molecule has 5 heteroatoms. The maximum Gasteiger partial charge on any atom is 0.203 e. The molecule has 1 heterocycles. The average molecular weight is 218 g/mol. The minimum atomic E-state index is -1.99. The Morgan fingerprint density at radius 2 is 2.23 bits per heavy atom. The van der Waals surface area contributed by atoms with Crippen molar-refractivity contribution in [3.8, 4) is 12.3 Å². The van der Waals surface area contributed by atoms with Crippen molar-refractivity contribution in [2.45, 2.75) is 12.5 Å². The van der Waals surface area contributed by atoms with Gasteiger partial charge < -0.3 is 4.52 Å². The Hall–Kier alpha value is 0.0900. The number of hydrogen-bond acceptors (Lipinski definition) is 2. The van der Waals surface area contributed by atoms with E-state index in [0.717, 1.165) is 13.0 Å². The van der Waals surface area contributed by atoms with Crippen molar-refractivity contribution >= 4 is 18.4 Å². The van der Waals surface area contributed by atoms with E-state index in [4.69, 9.17) is 22.8 Å². The number of nitrogens with zero attached hydrogens (tertiary/aromatic N) is 2. The smallest absolute Gasteiger partial charge is 0.203 e. The average Bonchev–Trinajstić information content (AvgIpc) is 2.15. The highest BCUT2D eigenvalue weighted by atomic mass is 32.5. The molecule has 1 aliphatic rings. The van der Waals surface area contributed by atoms with Crippen LogP contribution in [0.5, 0.6) is 0 Å². The topological polar surface area (TPSA) is 15.7 Å². The second-order valence-electron chi connectivity index (χ2n) is 3.10. The molecular formula is C8H15N2OPS. The van der Waals surface area contributed by atoms with Gasteiger partial charge >= 0.3 is 0 Å². The summed E-state index contributed by atoms with van der Waals surface area (Å²) in [7, 11) is 5.60. The summed E-state index contributed by atoms with van der Waals surface area (Å²) >= 11 is 5.49. The maximum atomic E-state index is 5.49. The minimum Gasteiger partial charge on any atom is -0.330 e. The van der Waals surface area contributed by atoms with Crippen LogP contribution in [0.1, 0.15) is 6.42 Å². The van der Waals surface area contributed by atoms with E-state index in [0.29, 0.717) is 0 Å². The number of terminal acetylenes is 1. The summed E-state index contributed by atoms with van der Waals surface area (Å²) in [5.41, 5.74) is 0. The van der Waals surface area contributed by atoms with E-state index in [-0.39, 0.29) is 6.04 Å². The zero-order valence-electron chi connectivity index (χ0n) is 8.23. The Balaban J connectivity index is 2.92. The van der Waals surface area contributed by atoms with Crippen LogP contribution in [0, 0.1) is 12.3 Å². The van der Waals surface area contributed by atoms with Crippen molar-refractivity contribution in [1.82, 2.24) is 9.34 Å². The third-order valence-corrected chi connectivity index (χ3v) is 7.11. The summed E-state index contributed by atoms with van der Waals surface area (Å²) in [6.45, 7) is -1.07. The van der Waals surface area contributed by atoms with Gasteiger partial charge in [-0.15, -0.1) is 6.42 Å². The van der Waals surface area contributed by atoms with Gasteiger partial charge in [-0.1, -0.05) is 5.92 Å². The van der Waals surface area contributed by atoms with Gasteiger partial charge in [0.25, 0.3) is 0 Å². The molecule has 1 saturated heterocycles. The van der Waals surface area contributed by atoms with E-state index in [1.807, 2.05) is 18.8 Å². The first-order valence-corrected chi connectivity index (χ1v) is 6.75. The molecule has 0 N–H and O–H groups in total. The van der Waals surface area contributed by atoms with E-state index in [9.17, 15) is 0 Å². The molecule has 2 unspecified atom stereocenters. The van der Waals surface area contributed by atoms with Crippen molar-refractivity contribution < 1.29 is 4.52 Å². The van der Waals surface area contributed by atoms with E-state index >= 15 is 0 Å². The van der Waals surface area contributed by atoms with Crippen LogP contribution in [-0.2, 0) is 16.3 Å². The zero-order valence-corrected chi connectivity index (χ0v) is 9.94. The summed E-state index contributed by atoms with van der Waals surface area (Å²) in [5.74, 6) is 2.74. The Morgan fingerprint density at radius 1 is 1.62 bits per heavy atom. The van der Waals surface area contributed by atoms with Gasteiger partial charge in [0.05, 0.1) is 6.04 Å². The molecule has 0 radical (unpaired) electrons. The van der Waals surface area contributed by atoms with Crippen LogP contribution in [0.4, 0.5) is 0 Å². The fourth-order valence-corrected chi connectivity index (χ4v) is 4.01. The van der Waals surface area contributed by atoms with Gasteiger partial charge in [0, 0.05) is 13.7 Å². The molecule has 0 aromatic carbocycles. The molecular weight excluding hydrogens is 203 g/mol. The van der Waals surface area contributed by atoms with Gasteiger partial charge in [0.2, 0.25) is 6.57 Å². The van der Waals surface area contributed by atoms with Crippen molar-refractivity contribution in [2.75, 3.05) is 27.7 Å². The third-order valence-electron chi connectivity index (χ3n) is 2.44. The molecule has 1 rings (SSSR count). The van der Waals surface area contributed by atoms with E-state index in [2.05, 4.69) is 10.6 Å². The normalized spacial score (nSPS) is 37.2. The first-order valence-electron chi connectivity index (χ1n) is 4.13. The predicted molar refractivity (Wildman–Crippen MR) is 58.9 cm³/mol. The standard InChI is InChI=1S/C8H15N2OPS/c1-5-8-6-7-9(2)12(13,11-4)10(8)3/h1,8H,6-7H2,2-4H3. The third kappa shape index (κ3) is 1.81. The van der Waals surface area contributed by atoms with Crippen LogP contribution in [0.3, 0.4) is 0 Å². The predicted octanol–water partition coefficient (Wildman–Crippen LogP) is 1.13. The zero-order chi connectivity index (χ0) is 10.1. The van der Waals surface area contributed by atoms with E-state index < -0.39 is 6.57 Å². The molecule has 0 aromatic rings. The molecule has 0 aromatic heterocycles. The van der Waals surface area contributed by atoms with Gasteiger partial charge in [-0.3, -0.25) is 0 Å². The molecule has 74 valence electrons. The highest BCUT2D eigenvalue weighted by Gasteiger charge is 2.36. The second kappa shape index (κ2) is 4.08. The van der Waals surface area contributed by atoms with E-state index in [1.54, 1.807) is 7.11 Å². The quantitative estimate of drug-likeness (QED) is 0.484. The van der Waals surface area contributed by atoms with Crippen molar-refractivity contribution in [3.05, 3.63) is 0 Å². The largest absolute Gasteiger partial charge is 0.330 e. The lowest BCUT2D eigenvalue weighted by Gasteiger charge is -2.44. The summed E-state index contributed by atoms with van der Waals surface area (Å²) < 4.78 is 9.53. The first-order chi connectivity index (χ1) is 6.06. The van der Waals surface area contributed by atoms with Crippen LogP contribution in [-0.4, -0.2) is 43.1 Å². The summed E-state index contributed by atoms with van der Waals surface area (Å²) in [5, 5.41) is 0. The van der Waals surface area contributed by atoms with Crippen LogP contribution in [0.15, 0.2) is 0 Å². The molecule has 2 atom stereocenters. The lowest BCUT2D eigenvalue weighted by atomic mass is 10.2. The Morgan fingerprint density at radius 3 is 2.69 bits per heavy atom. The molecule has 1 fully saturated rings. The molecule has 13 heavy (non-hydrogen) atoms. The lowest BCUT2D eigenvalue weighted by molar-refractivity contribution is 0.264. The number of rotatable bonds is 1. The molecule has 0 spiro atoms. The van der Waals surface area contributed by atoms with Gasteiger partial charge in [0.1, 0.15) is 0 Å². The van der Waals surface area contributed by atoms with Gasteiger partial charge in [-0.05, 0) is 32.3 Å². The van der Waals surface area contributed by atoms with Crippen LogP contribution >= 0.6 is 6.57 Å². The monoisotopic (exact) mass is 218 g/mol. The number of hydrogen-bond donors (Lipinski definition) is 0. The Bertz CT molecular complexity index is 276. The molecule has 0 saturated carbocycles. The van der Waals surface area contributed by atoms with Gasteiger partial charge in [-0.25, -0.2) is 9.34 Å². The lowest BCUT2D eigenvalue weighted by Crippen LogP contribution is -2.41. The summed E-state index contributed by atoms with van der Waals surface area (Å²) in [4.78, 5) is 0. The fourth-order valence-electron chi connectivity index (χ4n) is 1.50. The highest BCUT2D eigenvalue weighted by Crippen LogP contribution is 2.55. The molecule has 3 nitrogen and oxygen atoms in total. The summed E-state index contributed by atoms with van der Waals surface area (Å²) in [6.07, 6.45) is 6.38. The molecule has 0 amide bonds. The highest BCUT2D eigenvalue weighted by molar-refractivity contribution is 8.09. The van der Waals surface area contributed by atoms with Crippen molar-refractivity contribution in [2.24, 2.45) is 0 Å². The SMILES string of the molecule is C#CC1CCN(C)P(=S)(OC)N1C. The molecule has 0 bridgehead atoms.